The molecule has 0 radical (unpaired) electrons. The van der Waals surface area contributed by atoms with E-state index < -0.39 is 0 Å². The van der Waals surface area contributed by atoms with Gasteiger partial charge < -0.3 is 5.32 Å². The Labute approximate surface area is 182 Å². The predicted octanol–water partition coefficient (Wildman–Crippen LogP) is 4.28. The summed E-state index contributed by atoms with van der Waals surface area (Å²) in [5.74, 6) is 1.18. The van der Waals surface area contributed by atoms with Gasteiger partial charge in [-0.15, -0.1) is 0 Å². The summed E-state index contributed by atoms with van der Waals surface area (Å²) >= 11 is 11.3. The molecular weight excluding hydrogens is 406 g/mol. The molecule has 1 atom stereocenters. The largest absolute Gasteiger partial charge is 0.353 e. The summed E-state index contributed by atoms with van der Waals surface area (Å²) in [6, 6.07) is 7.74. The van der Waals surface area contributed by atoms with Gasteiger partial charge in [0.05, 0.1) is 0 Å². The van der Waals surface area contributed by atoms with E-state index in [9.17, 15) is 4.79 Å². The van der Waals surface area contributed by atoms with Gasteiger partial charge >= 0.3 is 0 Å². The van der Waals surface area contributed by atoms with E-state index in [1.165, 1.54) is 12.8 Å². The van der Waals surface area contributed by atoms with Crippen molar-refractivity contribution in [2.45, 2.75) is 52.1 Å². The van der Waals surface area contributed by atoms with E-state index in [1.54, 1.807) is 16.7 Å². The third-order valence-electron chi connectivity index (χ3n) is 5.87. The number of aromatic nitrogens is 3. The first-order chi connectivity index (χ1) is 14.0. The summed E-state index contributed by atoms with van der Waals surface area (Å²) in [7, 11) is 0. The van der Waals surface area contributed by atoms with Crippen molar-refractivity contribution in [1.29, 1.82) is 0 Å². The van der Waals surface area contributed by atoms with Gasteiger partial charge in [-0.25, -0.2) is 0 Å². The number of halogens is 1. The zero-order chi connectivity index (χ0) is 20.8. The molecule has 3 rings (SSSR count). The van der Waals surface area contributed by atoms with Gasteiger partial charge in [0.1, 0.15) is 6.54 Å². The average Bonchev–Trinajstić information content (AvgIpc) is 3.37. The lowest BCUT2D eigenvalue weighted by molar-refractivity contribution is -0.122. The van der Waals surface area contributed by atoms with Crippen LogP contribution < -0.4 is 5.32 Å². The molecule has 0 bridgehead atoms. The Morgan fingerprint density at radius 1 is 1.24 bits per heavy atom. The van der Waals surface area contributed by atoms with Crippen LogP contribution in [-0.4, -0.2) is 51.2 Å². The predicted molar refractivity (Wildman–Crippen MR) is 120 cm³/mol. The maximum Gasteiger partial charge on any atom is 0.240 e. The van der Waals surface area contributed by atoms with Crippen LogP contribution in [0.15, 0.2) is 24.3 Å². The number of hydrogen-bond donors (Lipinski definition) is 2. The zero-order valence-corrected chi connectivity index (χ0v) is 18.7. The van der Waals surface area contributed by atoms with Crippen LogP contribution in [0.2, 0.25) is 5.02 Å². The molecule has 6 nitrogen and oxygen atoms in total. The number of carbonyl (C=O) groups excluding carboxylic acids is 1. The molecule has 1 aromatic heterocycles. The molecule has 0 unspecified atom stereocenters. The van der Waals surface area contributed by atoms with E-state index in [1.807, 2.05) is 12.1 Å². The first kappa shape index (κ1) is 22.0. The Morgan fingerprint density at radius 2 is 1.90 bits per heavy atom. The van der Waals surface area contributed by atoms with Crippen molar-refractivity contribution in [2.24, 2.45) is 5.92 Å². The van der Waals surface area contributed by atoms with Gasteiger partial charge in [0.2, 0.25) is 5.91 Å². The van der Waals surface area contributed by atoms with Crippen LogP contribution in [0.4, 0.5) is 0 Å². The lowest BCUT2D eigenvalue weighted by Gasteiger charge is -2.34. The Bertz CT molecular complexity index is 851. The summed E-state index contributed by atoms with van der Waals surface area (Å²) in [5.41, 5.74) is 0.863. The molecule has 8 heteroatoms. The molecule has 29 heavy (non-hydrogen) atoms. The van der Waals surface area contributed by atoms with Crippen molar-refractivity contribution in [1.82, 2.24) is 25.0 Å². The Kier molecular flexibility index (Phi) is 7.86. The highest BCUT2D eigenvalue weighted by Crippen LogP contribution is 2.23. The minimum Gasteiger partial charge on any atom is -0.353 e. The second kappa shape index (κ2) is 10.4. The second-order valence-electron chi connectivity index (χ2n) is 7.64. The number of nitrogens with one attached hydrogen (secondary N) is 2. The first-order valence-electron chi connectivity index (χ1n) is 10.4. The van der Waals surface area contributed by atoms with E-state index in [0.29, 0.717) is 34.1 Å². The van der Waals surface area contributed by atoms with Crippen LogP contribution in [0.25, 0.3) is 11.4 Å². The lowest BCUT2D eigenvalue weighted by Crippen LogP contribution is -2.47. The van der Waals surface area contributed by atoms with Crippen LogP contribution in [0.5, 0.6) is 0 Å². The first-order valence-corrected chi connectivity index (χ1v) is 11.2. The fourth-order valence-corrected chi connectivity index (χ4v) is 4.52. The number of nitrogens with zero attached hydrogens (tertiary/aromatic N) is 3. The quantitative estimate of drug-likeness (QED) is 0.577. The Hall–Kier alpha value is -1.70. The molecule has 0 aliphatic carbocycles. The third-order valence-corrected chi connectivity index (χ3v) is 6.44. The number of amides is 1. The second-order valence-corrected chi connectivity index (χ2v) is 8.46. The molecule has 1 amide bonds. The van der Waals surface area contributed by atoms with Crippen LogP contribution in [-0.2, 0) is 11.3 Å². The lowest BCUT2D eigenvalue weighted by atomic mass is 9.93. The number of likely N-dealkylation sites (tertiary alicyclic amines) is 1. The summed E-state index contributed by atoms with van der Waals surface area (Å²) in [5, 5.41) is 10.9. The fraction of sp³-hybridized carbons (Fsp3) is 0.571. The molecule has 158 valence electrons. The van der Waals surface area contributed by atoms with Crippen molar-refractivity contribution in [3.05, 3.63) is 34.1 Å². The minimum absolute atomic E-state index is 0.0483. The molecule has 1 aliphatic rings. The summed E-state index contributed by atoms with van der Waals surface area (Å²) in [6.45, 7) is 7.55. The van der Waals surface area contributed by atoms with Crippen molar-refractivity contribution < 1.29 is 4.79 Å². The SMILES string of the molecule is CCC(CC)[C@@H](CNC(=O)Cn1c(-c2ccc(Cl)cc2)n[nH]c1=S)N1CCCC1. The normalized spacial score (nSPS) is 15.7. The van der Waals surface area contributed by atoms with Crippen molar-refractivity contribution in [2.75, 3.05) is 19.6 Å². The Balaban J connectivity index is 1.68. The van der Waals surface area contributed by atoms with E-state index in [0.717, 1.165) is 31.5 Å². The van der Waals surface area contributed by atoms with Crippen LogP contribution >= 0.6 is 23.8 Å². The van der Waals surface area contributed by atoms with Crippen molar-refractivity contribution in [3.63, 3.8) is 0 Å². The van der Waals surface area contributed by atoms with E-state index in [2.05, 4.69) is 34.3 Å². The topological polar surface area (TPSA) is 66.0 Å². The maximum atomic E-state index is 12.8. The van der Waals surface area contributed by atoms with Gasteiger partial charge in [0.25, 0.3) is 0 Å². The van der Waals surface area contributed by atoms with Crippen LogP contribution in [0.1, 0.15) is 39.5 Å². The van der Waals surface area contributed by atoms with Crippen molar-refractivity contribution >= 4 is 29.7 Å². The van der Waals surface area contributed by atoms with Gasteiger partial charge in [-0.1, -0.05) is 38.3 Å². The van der Waals surface area contributed by atoms with E-state index >= 15 is 0 Å². The standard InChI is InChI=1S/C21H30ClN5OS/c1-3-15(4-2)18(26-11-5-6-12-26)13-23-19(28)14-27-20(24-25-21(27)29)16-7-9-17(22)10-8-16/h7-10,15,18H,3-6,11-14H2,1-2H3,(H,23,28)(H,25,29)/t18-/m1/s1. The van der Waals surface area contributed by atoms with Gasteiger partial charge in [-0.05, 0) is 68.3 Å². The number of benzene rings is 1. The molecule has 1 fully saturated rings. The zero-order valence-electron chi connectivity index (χ0n) is 17.2. The highest BCUT2D eigenvalue weighted by atomic mass is 35.5. The molecule has 2 aromatic rings. The summed E-state index contributed by atoms with van der Waals surface area (Å²) in [6.07, 6.45) is 4.75. The number of hydrogen-bond acceptors (Lipinski definition) is 4. The Morgan fingerprint density at radius 3 is 2.52 bits per heavy atom. The molecule has 0 spiro atoms. The van der Waals surface area contributed by atoms with Crippen molar-refractivity contribution in [3.8, 4) is 11.4 Å². The average molecular weight is 436 g/mol. The number of aromatic amines is 1. The maximum absolute atomic E-state index is 12.8. The van der Waals surface area contributed by atoms with Gasteiger partial charge in [-0.2, -0.15) is 5.10 Å². The summed E-state index contributed by atoms with van der Waals surface area (Å²) in [4.78, 5) is 15.3. The molecule has 1 saturated heterocycles. The molecular formula is C21H30ClN5OS. The van der Waals surface area contributed by atoms with Gasteiger partial charge in [0.15, 0.2) is 10.6 Å². The van der Waals surface area contributed by atoms with Gasteiger partial charge in [0, 0.05) is 23.2 Å². The molecule has 0 saturated carbocycles. The van der Waals surface area contributed by atoms with Gasteiger partial charge in [-0.3, -0.25) is 19.4 Å². The molecule has 1 aromatic carbocycles. The highest BCUT2D eigenvalue weighted by Gasteiger charge is 2.28. The third kappa shape index (κ3) is 5.47. The molecule has 1 aliphatic heterocycles. The van der Waals surface area contributed by atoms with E-state index in [-0.39, 0.29) is 12.5 Å². The van der Waals surface area contributed by atoms with E-state index in [4.69, 9.17) is 23.8 Å². The number of H-pyrrole nitrogens is 1. The fourth-order valence-electron chi connectivity index (χ4n) is 4.20. The molecule has 2 N–H and O–H groups in total. The minimum atomic E-state index is -0.0483. The number of rotatable bonds is 9. The summed E-state index contributed by atoms with van der Waals surface area (Å²) < 4.78 is 2.16. The highest BCUT2D eigenvalue weighted by molar-refractivity contribution is 7.71. The monoisotopic (exact) mass is 435 g/mol. The number of carbonyl (C=O) groups is 1. The van der Waals surface area contributed by atoms with Crippen LogP contribution in [0.3, 0.4) is 0 Å². The molecule has 2 heterocycles. The smallest absolute Gasteiger partial charge is 0.240 e. The van der Waals surface area contributed by atoms with Crippen LogP contribution in [0, 0.1) is 10.7 Å².